The number of H-pyrrole nitrogens is 1. The van der Waals surface area contributed by atoms with E-state index in [1.165, 1.54) is 0 Å². The smallest absolute Gasteiger partial charge is 0.290 e. The van der Waals surface area contributed by atoms with Crippen molar-refractivity contribution in [2.45, 2.75) is 6.61 Å². The second-order valence-electron chi connectivity index (χ2n) is 3.92. The Balaban J connectivity index is 0.000000497. The molecule has 108 valence electrons. The molecule has 0 aliphatic heterocycles. The van der Waals surface area contributed by atoms with Gasteiger partial charge in [-0.3, -0.25) is 14.5 Å². The second kappa shape index (κ2) is 6.96. The first-order valence-electron chi connectivity index (χ1n) is 5.97. The van der Waals surface area contributed by atoms with Crippen LogP contribution in [0.4, 0.5) is 0 Å². The van der Waals surface area contributed by atoms with Crippen molar-refractivity contribution in [2.24, 2.45) is 0 Å². The number of carboxylic acid groups (broad SMARTS) is 1. The van der Waals surface area contributed by atoms with E-state index in [9.17, 15) is 0 Å². The number of carbonyl (C=O) groups is 1. The molecular formula is C13H13N5O3. The number of nitrogens with one attached hydrogen (secondary N) is 1. The summed E-state index contributed by atoms with van der Waals surface area (Å²) in [4.78, 5) is 16.7. The molecule has 3 rings (SSSR count). The lowest BCUT2D eigenvalue weighted by Gasteiger charge is -1.99. The Labute approximate surface area is 119 Å². The number of rotatable bonds is 3. The van der Waals surface area contributed by atoms with Gasteiger partial charge in [-0.15, -0.1) is 5.10 Å². The van der Waals surface area contributed by atoms with E-state index < -0.39 is 0 Å². The zero-order chi connectivity index (χ0) is 15.1. The first-order valence-corrected chi connectivity index (χ1v) is 5.97. The van der Waals surface area contributed by atoms with Gasteiger partial charge in [0.15, 0.2) is 5.82 Å². The minimum absolute atomic E-state index is 0.0103. The number of benzene rings is 1. The zero-order valence-corrected chi connectivity index (χ0v) is 10.9. The number of aliphatic hydroxyl groups is 1. The molecule has 0 bridgehead atoms. The van der Waals surface area contributed by atoms with Crippen molar-refractivity contribution in [3.8, 4) is 17.3 Å². The molecule has 0 saturated carbocycles. The lowest BCUT2D eigenvalue weighted by molar-refractivity contribution is -0.122. The molecule has 8 heteroatoms. The van der Waals surface area contributed by atoms with E-state index in [1.807, 2.05) is 24.3 Å². The number of nitrogens with zero attached hydrogens (tertiary/aromatic N) is 4. The highest BCUT2D eigenvalue weighted by Crippen LogP contribution is 2.17. The summed E-state index contributed by atoms with van der Waals surface area (Å²) in [5, 5.41) is 23.0. The maximum atomic E-state index is 9.11. The predicted octanol–water partition coefficient (Wildman–Crippen LogP) is 0.850. The van der Waals surface area contributed by atoms with Crippen molar-refractivity contribution >= 4 is 6.47 Å². The maximum Gasteiger partial charge on any atom is 0.290 e. The van der Waals surface area contributed by atoms with Gasteiger partial charge in [-0.2, -0.15) is 4.98 Å². The largest absolute Gasteiger partial charge is 0.483 e. The Kier molecular flexibility index (Phi) is 4.78. The Morgan fingerprint density at radius 1 is 1.38 bits per heavy atom. The first kappa shape index (κ1) is 14.4. The molecule has 0 atom stereocenters. The average molecular weight is 287 g/mol. The molecule has 0 saturated heterocycles. The van der Waals surface area contributed by atoms with Gasteiger partial charge < -0.3 is 10.2 Å². The monoisotopic (exact) mass is 287 g/mol. The van der Waals surface area contributed by atoms with Crippen molar-refractivity contribution in [2.75, 3.05) is 0 Å². The summed E-state index contributed by atoms with van der Waals surface area (Å²) in [6, 6.07) is 7.52. The Bertz CT molecular complexity index is 693. The van der Waals surface area contributed by atoms with Gasteiger partial charge in [-0.05, 0) is 11.6 Å². The predicted molar refractivity (Wildman–Crippen MR) is 73.6 cm³/mol. The maximum absolute atomic E-state index is 9.11. The Hall–Kier alpha value is -3.00. The van der Waals surface area contributed by atoms with Crippen LogP contribution >= 0.6 is 0 Å². The van der Waals surface area contributed by atoms with Gasteiger partial charge in [0.2, 0.25) is 0 Å². The van der Waals surface area contributed by atoms with E-state index >= 15 is 0 Å². The third-order valence-corrected chi connectivity index (χ3v) is 2.59. The van der Waals surface area contributed by atoms with E-state index in [0.717, 1.165) is 11.1 Å². The van der Waals surface area contributed by atoms with E-state index in [1.54, 1.807) is 23.3 Å². The summed E-state index contributed by atoms with van der Waals surface area (Å²) in [7, 11) is 0. The number of aliphatic hydroxyl groups excluding tert-OH is 1. The summed E-state index contributed by atoms with van der Waals surface area (Å²) in [6.07, 6.45) is 5.08. The standard InChI is InChI=1S/C12H11N5O.CH2O2/c18-7-9-2-1-3-10(6-9)11-14-12(16-15-11)17-5-4-13-8-17;2-1-3/h1-6,8,18H,7H2,(H,14,15,16);1H,(H,2,3). The first-order chi connectivity index (χ1) is 10.3. The molecule has 0 amide bonds. The lowest BCUT2D eigenvalue weighted by Crippen LogP contribution is -1.92. The van der Waals surface area contributed by atoms with Gasteiger partial charge in [0.25, 0.3) is 12.4 Å². The molecule has 8 nitrogen and oxygen atoms in total. The number of aromatic amines is 1. The SMILES string of the molecule is O=CO.OCc1cccc(-c2nc(-n3ccnc3)n[nH]2)c1. The molecule has 1 aromatic carbocycles. The highest BCUT2D eigenvalue weighted by Gasteiger charge is 2.07. The van der Waals surface area contributed by atoms with E-state index in [-0.39, 0.29) is 13.1 Å². The molecule has 0 aliphatic rings. The Morgan fingerprint density at radius 3 is 2.86 bits per heavy atom. The number of imidazole rings is 1. The van der Waals surface area contributed by atoms with Crippen LogP contribution in [0.2, 0.25) is 0 Å². The van der Waals surface area contributed by atoms with Gasteiger partial charge in [0.1, 0.15) is 6.33 Å². The minimum Gasteiger partial charge on any atom is -0.483 e. The fourth-order valence-corrected chi connectivity index (χ4v) is 1.69. The van der Waals surface area contributed by atoms with Crippen molar-refractivity contribution in [3.05, 3.63) is 48.5 Å². The van der Waals surface area contributed by atoms with Crippen LogP contribution in [0.3, 0.4) is 0 Å². The topological polar surface area (TPSA) is 117 Å². The average Bonchev–Trinajstić information content (AvgIpc) is 3.19. The highest BCUT2D eigenvalue weighted by atomic mass is 16.3. The number of hydrogen-bond acceptors (Lipinski definition) is 5. The molecule has 21 heavy (non-hydrogen) atoms. The molecule has 0 unspecified atom stereocenters. The molecule has 0 aliphatic carbocycles. The Morgan fingerprint density at radius 2 is 2.19 bits per heavy atom. The van der Waals surface area contributed by atoms with Crippen LogP contribution in [0, 0.1) is 0 Å². The molecule has 3 aromatic rings. The van der Waals surface area contributed by atoms with Crippen molar-refractivity contribution in [3.63, 3.8) is 0 Å². The molecule has 0 radical (unpaired) electrons. The molecule has 2 aromatic heterocycles. The van der Waals surface area contributed by atoms with Crippen LogP contribution in [0.5, 0.6) is 0 Å². The van der Waals surface area contributed by atoms with Gasteiger partial charge in [-0.1, -0.05) is 18.2 Å². The quantitative estimate of drug-likeness (QED) is 0.615. The fourth-order valence-electron chi connectivity index (χ4n) is 1.69. The third kappa shape index (κ3) is 3.51. The van der Waals surface area contributed by atoms with Crippen LogP contribution in [0.15, 0.2) is 43.0 Å². The van der Waals surface area contributed by atoms with E-state index in [0.29, 0.717) is 11.8 Å². The lowest BCUT2D eigenvalue weighted by atomic mass is 10.1. The van der Waals surface area contributed by atoms with Crippen LogP contribution in [0.1, 0.15) is 5.56 Å². The molecule has 3 N–H and O–H groups in total. The van der Waals surface area contributed by atoms with Crippen molar-refractivity contribution < 1.29 is 15.0 Å². The van der Waals surface area contributed by atoms with Crippen molar-refractivity contribution in [1.82, 2.24) is 24.7 Å². The zero-order valence-electron chi connectivity index (χ0n) is 10.9. The van der Waals surface area contributed by atoms with Crippen LogP contribution < -0.4 is 0 Å². The van der Waals surface area contributed by atoms with E-state index in [2.05, 4.69) is 20.2 Å². The second-order valence-corrected chi connectivity index (χ2v) is 3.92. The molecule has 0 spiro atoms. The molecular weight excluding hydrogens is 274 g/mol. The van der Waals surface area contributed by atoms with Gasteiger partial charge in [-0.25, -0.2) is 4.98 Å². The normalized spacial score (nSPS) is 9.76. The van der Waals surface area contributed by atoms with Crippen LogP contribution in [-0.2, 0) is 11.4 Å². The summed E-state index contributed by atoms with van der Waals surface area (Å²) in [5.74, 6) is 1.20. The summed E-state index contributed by atoms with van der Waals surface area (Å²) < 4.78 is 1.72. The molecule has 2 heterocycles. The van der Waals surface area contributed by atoms with Crippen LogP contribution in [0.25, 0.3) is 17.3 Å². The van der Waals surface area contributed by atoms with Crippen LogP contribution in [-0.4, -0.2) is 41.4 Å². The van der Waals surface area contributed by atoms with E-state index in [4.69, 9.17) is 15.0 Å². The third-order valence-electron chi connectivity index (χ3n) is 2.59. The number of aromatic nitrogens is 5. The fraction of sp³-hybridized carbons (Fsp3) is 0.0769. The van der Waals surface area contributed by atoms with Gasteiger partial charge in [0.05, 0.1) is 6.61 Å². The number of hydrogen-bond donors (Lipinski definition) is 3. The molecule has 0 fully saturated rings. The summed E-state index contributed by atoms with van der Waals surface area (Å²) >= 11 is 0. The highest BCUT2D eigenvalue weighted by molar-refractivity contribution is 5.56. The minimum atomic E-state index is -0.250. The summed E-state index contributed by atoms with van der Waals surface area (Å²) in [5.41, 5.74) is 1.73. The summed E-state index contributed by atoms with van der Waals surface area (Å²) in [6.45, 7) is -0.240. The van der Waals surface area contributed by atoms with Crippen molar-refractivity contribution in [1.29, 1.82) is 0 Å². The van der Waals surface area contributed by atoms with Gasteiger partial charge >= 0.3 is 0 Å². The van der Waals surface area contributed by atoms with Gasteiger partial charge in [0, 0.05) is 18.0 Å².